The fourth-order valence-electron chi connectivity index (χ4n) is 5.16. The second-order valence-corrected chi connectivity index (χ2v) is 12.0. The zero-order chi connectivity index (χ0) is 34.9. The van der Waals surface area contributed by atoms with Gasteiger partial charge in [0.25, 0.3) is 0 Å². The molecule has 0 spiro atoms. The van der Waals surface area contributed by atoms with Crippen LogP contribution in [0.5, 0.6) is 0 Å². The number of likely N-dealkylation sites (N-methyl/N-ethyl adjacent to an activating group) is 1. The standard InChI is InChI=1S/C32H52N10O4S/c1-5-36-24(15-11-17-37-31(34)35)28(44)40-27(19-23-20-41(3)32(47)42(23)4)30(46)38-25(14-9-10-16-33)29(45)39-26(21(2)43)18-22-12-7-6-8-13-22/h6-8,12-13,20,24-27,36H,5,9-11,14-19,33H2,1-4H3,(H,38,46)(H,39,45)(H,40,44)(H4,34,35,37). The van der Waals surface area contributed by atoms with Gasteiger partial charge in [-0.2, -0.15) is 0 Å². The van der Waals surface area contributed by atoms with Gasteiger partial charge in [0.2, 0.25) is 17.7 Å². The van der Waals surface area contributed by atoms with Crippen molar-refractivity contribution >= 4 is 41.7 Å². The minimum absolute atomic E-state index is 0.116. The van der Waals surface area contributed by atoms with Crippen molar-refractivity contribution in [1.29, 1.82) is 5.41 Å². The van der Waals surface area contributed by atoms with Crippen LogP contribution in [0.25, 0.3) is 0 Å². The summed E-state index contributed by atoms with van der Waals surface area (Å²) >= 11 is 5.45. The first-order valence-electron chi connectivity index (χ1n) is 16.1. The first-order chi connectivity index (χ1) is 22.4. The molecule has 0 aliphatic heterocycles. The lowest BCUT2D eigenvalue weighted by atomic mass is 10.0. The maximum atomic E-state index is 14.0. The highest BCUT2D eigenvalue weighted by Gasteiger charge is 2.31. The van der Waals surface area contributed by atoms with Crippen LogP contribution >= 0.6 is 12.2 Å². The van der Waals surface area contributed by atoms with Crippen LogP contribution in [0.4, 0.5) is 0 Å². The van der Waals surface area contributed by atoms with E-state index in [0.717, 1.165) is 5.56 Å². The van der Waals surface area contributed by atoms with Crippen molar-refractivity contribution in [3.8, 4) is 0 Å². The maximum Gasteiger partial charge on any atom is 0.243 e. The molecular formula is C32H52N10O4S. The molecule has 1 aromatic heterocycles. The second-order valence-electron chi connectivity index (χ2n) is 11.6. The van der Waals surface area contributed by atoms with Gasteiger partial charge in [0.15, 0.2) is 16.5 Å². The fourth-order valence-corrected chi connectivity index (χ4v) is 5.33. The molecule has 0 aliphatic rings. The number of aryl methyl sites for hydroxylation is 1. The van der Waals surface area contributed by atoms with Crippen LogP contribution in [0.1, 0.15) is 57.2 Å². The number of unbranched alkanes of at least 4 members (excludes halogenated alkanes) is 1. The normalized spacial score (nSPS) is 13.6. The molecule has 2 rings (SSSR count). The number of guanidine groups is 1. The van der Waals surface area contributed by atoms with Crippen molar-refractivity contribution in [1.82, 2.24) is 35.7 Å². The molecule has 1 aromatic carbocycles. The first-order valence-corrected chi connectivity index (χ1v) is 16.5. The summed E-state index contributed by atoms with van der Waals surface area (Å²) in [5.74, 6) is -1.77. The molecule has 14 nitrogen and oxygen atoms in total. The number of ketones is 1. The minimum atomic E-state index is -1.04. The van der Waals surface area contributed by atoms with Gasteiger partial charge in [-0.25, -0.2) is 0 Å². The van der Waals surface area contributed by atoms with Crippen LogP contribution in [0.15, 0.2) is 36.5 Å². The molecule has 0 radical (unpaired) electrons. The van der Waals surface area contributed by atoms with Gasteiger partial charge >= 0.3 is 0 Å². The van der Waals surface area contributed by atoms with Crippen LogP contribution in [0.2, 0.25) is 0 Å². The van der Waals surface area contributed by atoms with Crippen molar-refractivity contribution < 1.29 is 19.2 Å². The van der Waals surface area contributed by atoms with Crippen LogP contribution in [0, 0.1) is 10.2 Å². The molecule has 260 valence electrons. The summed E-state index contributed by atoms with van der Waals surface area (Å²) in [7, 11) is 3.59. The molecule has 10 N–H and O–H groups in total. The molecule has 3 amide bonds. The lowest BCUT2D eigenvalue weighted by Crippen LogP contribution is -2.58. The van der Waals surface area contributed by atoms with Crippen LogP contribution < -0.4 is 38.1 Å². The molecule has 0 aliphatic carbocycles. The van der Waals surface area contributed by atoms with E-state index in [1.54, 1.807) is 29.4 Å². The number of imidazole rings is 1. The molecule has 0 bridgehead atoms. The maximum absolute atomic E-state index is 14.0. The Hall–Kier alpha value is -4.08. The molecule has 1 heterocycles. The average Bonchev–Trinajstić information content (AvgIpc) is 3.27. The molecule has 47 heavy (non-hydrogen) atoms. The number of hydrogen-bond acceptors (Lipinski definition) is 8. The number of benzene rings is 1. The highest BCUT2D eigenvalue weighted by Crippen LogP contribution is 2.10. The Balaban J connectivity index is 2.31. The number of amides is 3. The van der Waals surface area contributed by atoms with Crippen molar-refractivity contribution in [3.05, 3.63) is 52.6 Å². The number of aromatic nitrogens is 2. The van der Waals surface area contributed by atoms with Crippen molar-refractivity contribution in [2.45, 2.75) is 83.0 Å². The zero-order valence-corrected chi connectivity index (χ0v) is 28.8. The Kier molecular flexibility index (Phi) is 16.8. The summed E-state index contributed by atoms with van der Waals surface area (Å²) in [5, 5.41) is 21.8. The number of Topliss-reactive ketones (excluding diaryl/α,β-unsaturated/α-hetero) is 1. The van der Waals surface area contributed by atoms with Crippen LogP contribution in [0.3, 0.4) is 0 Å². The average molecular weight is 673 g/mol. The van der Waals surface area contributed by atoms with Crippen LogP contribution in [-0.2, 0) is 46.1 Å². The van der Waals surface area contributed by atoms with Crippen molar-refractivity contribution in [2.24, 2.45) is 25.6 Å². The van der Waals surface area contributed by atoms with E-state index in [1.807, 2.05) is 37.3 Å². The third-order valence-corrected chi connectivity index (χ3v) is 8.39. The van der Waals surface area contributed by atoms with Gasteiger partial charge in [0.05, 0.1) is 12.1 Å². The number of carbonyl (C=O) groups is 4. The summed E-state index contributed by atoms with van der Waals surface area (Å²) in [5.41, 5.74) is 12.7. The van der Waals surface area contributed by atoms with Gasteiger partial charge in [-0.15, -0.1) is 0 Å². The first kappa shape index (κ1) is 39.1. The number of carbonyl (C=O) groups excluding carboxylic acids is 4. The SMILES string of the molecule is CCNC(CCCNC(=N)N)C(=O)NC(Cc1cn(C)c(=S)n1C)C(=O)NC(CCCCN)C(=O)NC(Cc1ccccc1)C(C)=O. The van der Waals surface area contributed by atoms with Crippen molar-refractivity contribution in [2.75, 3.05) is 19.6 Å². The summed E-state index contributed by atoms with van der Waals surface area (Å²) in [6.07, 6.45) is 4.72. The number of nitrogens with zero attached hydrogens (tertiary/aromatic N) is 2. The predicted molar refractivity (Wildman–Crippen MR) is 185 cm³/mol. The van der Waals surface area contributed by atoms with E-state index < -0.39 is 36.0 Å². The van der Waals surface area contributed by atoms with E-state index in [4.69, 9.17) is 29.1 Å². The fraction of sp³-hybridized carbons (Fsp3) is 0.562. The van der Waals surface area contributed by atoms with E-state index in [1.165, 1.54) is 6.92 Å². The summed E-state index contributed by atoms with van der Waals surface area (Å²) in [6, 6.07) is 5.98. The summed E-state index contributed by atoms with van der Waals surface area (Å²) in [4.78, 5) is 53.6. The van der Waals surface area contributed by atoms with E-state index in [9.17, 15) is 19.2 Å². The van der Waals surface area contributed by atoms with Crippen LogP contribution in [-0.4, -0.2) is 82.4 Å². The summed E-state index contributed by atoms with van der Waals surface area (Å²) < 4.78 is 4.06. The topological polar surface area (TPSA) is 214 Å². The lowest BCUT2D eigenvalue weighted by molar-refractivity contribution is -0.133. The Labute approximate surface area is 282 Å². The molecule has 4 atom stereocenters. The van der Waals surface area contributed by atoms with E-state index in [0.29, 0.717) is 68.6 Å². The largest absolute Gasteiger partial charge is 0.370 e. The van der Waals surface area contributed by atoms with Gasteiger partial charge in [0.1, 0.15) is 12.1 Å². The number of rotatable bonds is 21. The van der Waals surface area contributed by atoms with Crippen molar-refractivity contribution in [3.63, 3.8) is 0 Å². The Morgan fingerprint density at radius 2 is 1.47 bits per heavy atom. The second kappa shape index (κ2) is 20.2. The van der Waals surface area contributed by atoms with E-state index in [2.05, 4.69) is 26.6 Å². The highest BCUT2D eigenvalue weighted by molar-refractivity contribution is 7.71. The molecule has 2 aromatic rings. The highest BCUT2D eigenvalue weighted by atomic mass is 32.1. The molecule has 0 saturated heterocycles. The number of nitrogens with one attached hydrogen (secondary N) is 6. The quantitative estimate of drug-likeness (QED) is 0.0396. The van der Waals surface area contributed by atoms with Gasteiger partial charge < -0.3 is 47.2 Å². The monoisotopic (exact) mass is 672 g/mol. The van der Waals surface area contributed by atoms with E-state index in [-0.39, 0.29) is 24.1 Å². The van der Waals surface area contributed by atoms with Gasteiger partial charge in [-0.3, -0.25) is 24.6 Å². The number of nitrogens with two attached hydrogens (primary N) is 2. The smallest absolute Gasteiger partial charge is 0.243 e. The minimum Gasteiger partial charge on any atom is -0.370 e. The lowest BCUT2D eigenvalue weighted by Gasteiger charge is -2.26. The van der Waals surface area contributed by atoms with E-state index >= 15 is 0 Å². The van der Waals surface area contributed by atoms with Gasteiger partial charge in [0, 0.05) is 39.0 Å². The molecule has 4 unspecified atom stereocenters. The van der Waals surface area contributed by atoms with Gasteiger partial charge in [-0.05, 0) is 76.3 Å². The van der Waals surface area contributed by atoms with Gasteiger partial charge in [-0.1, -0.05) is 37.3 Å². The molecular weight excluding hydrogens is 620 g/mol. The third kappa shape index (κ3) is 13.3. The Morgan fingerprint density at radius 3 is 2.04 bits per heavy atom. The Morgan fingerprint density at radius 1 is 0.872 bits per heavy atom. The number of hydrogen-bond donors (Lipinski definition) is 8. The molecule has 0 fully saturated rings. The third-order valence-electron chi connectivity index (χ3n) is 7.83. The summed E-state index contributed by atoms with van der Waals surface area (Å²) in [6.45, 7) is 4.66. The zero-order valence-electron chi connectivity index (χ0n) is 27.9. The predicted octanol–water partition coefficient (Wildman–Crippen LogP) is 0.292. The molecule has 0 saturated carbocycles. The molecule has 15 heteroatoms. The Bertz CT molecular complexity index is 1390.